The van der Waals surface area contributed by atoms with Crippen LogP contribution >= 0.6 is 0 Å². The summed E-state index contributed by atoms with van der Waals surface area (Å²) in [4.78, 5) is 0. The first-order valence-electron chi connectivity index (χ1n) is 5.89. The van der Waals surface area contributed by atoms with Gasteiger partial charge in [-0.15, -0.1) is 0 Å². The van der Waals surface area contributed by atoms with E-state index in [4.69, 9.17) is 0 Å². The zero-order valence-corrected chi connectivity index (χ0v) is 10.2. The SMILES string of the molecule is CCCCC(=C(F)F)c1ccccc1C(C)O. The highest BCUT2D eigenvalue weighted by atomic mass is 19.3. The lowest BCUT2D eigenvalue weighted by molar-refractivity contribution is 0.199. The Morgan fingerprint density at radius 3 is 2.47 bits per heavy atom. The van der Waals surface area contributed by atoms with Gasteiger partial charge in [0.05, 0.1) is 6.10 Å². The van der Waals surface area contributed by atoms with Crippen molar-refractivity contribution in [3.05, 3.63) is 41.5 Å². The maximum atomic E-state index is 12.9. The number of hydrogen-bond acceptors (Lipinski definition) is 1. The molecule has 0 spiro atoms. The second-order valence-electron chi connectivity index (χ2n) is 4.11. The molecule has 0 amide bonds. The van der Waals surface area contributed by atoms with Gasteiger partial charge in [-0.1, -0.05) is 37.6 Å². The summed E-state index contributed by atoms with van der Waals surface area (Å²) in [5, 5.41) is 9.59. The van der Waals surface area contributed by atoms with Crippen LogP contribution in [0, 0.1) is 0 Å². The summed E-state index contributed by atoms with van der Waals surface area (Å²) in [6, 6.07) is 6.80. The van der Waals surface area contributed by atoms with E-state index in [0.717, 1.165) is 12.8 Å². The van der Waals surface area contributed by atoms with Gasteiger partial charge in [-0.2, -0.15) is 8.78 Å². The Labute approximate surface area is 101 Å². The molecule has 0 aliphatic carbocycles. The first-order valence-corrected chi connectivity index (χ1v) is 5.89. The van der Waals surface area contributed by atoms with Gasteiger partial charge in [0.25, 0.3) is 6.08 Å². The topological polar surface area (TPSA) is 20.2 Å². The van der Waals surface area contributed by atoms with E-state index in [0.29, 0.717) is 17.5 Å². The third-order valence-corrected chi connectivity index (χ3v) is 2.74. The molecule has 1 rings (SSSR count). The van der Waals surface area contributed by atoms with Gasteiger partial charge in [0.1, 0.15) is 0 Å². The van der Waals surface area contributed by atoms with Crippen molar-refractivity contribution in [1.29, 1.82) is 0 Å². The lowest BCUT2D eigenvalue weighted by atomic mass is 9.94. The van der Waals surface area contributed by atoms with Gasteiger partial charge in [-0.3, -0.25) is 0 Å². The summed E-state index contributed by atoms with van der Waals surface area (Å²) in [7, 11) is 0. The molecule has 0 saturated heterocycles. The Morgan fingerprint density at radius 2 is 1.94 bits per heavy atom. The molecule has 1 N–H and O–H groups in total. The molecule has 0 aliphatic rings. The molecule has 0 heterocycles. The molecule has 0 aromatic heterocycles. The molecular weight excluding hydrogens is 222 g/mol. The summed E-state index contributed by atoms with van der Waals surface area (Å²) in [5.74, 6) is 0. The van der Waals surface area contributed by atoms with E-state index in [1.54, 1.807) is 31.2 Å². The van der Waals surface area contributed by atoms with Gasteiger partial charge < -0.3 is 5.11 Å². The van der Waals surface area contributed by atoms with E-state index in [1.807, 2.05) is 6.92 Å². The summed E-state index contributed by atoms with van der Waals surface area (Å²) in [6.07, 6.45) is -0.439. The first-order chi connectivity index (χ1) is 8.07. The number of aliphatic hydroxyl groups excluding tert-OH is 1. The van der Waals surface area contributed by atoms with Gasteiger partial charge in [0.15, 0.2) is 0 Å². The molecule has 0 fully saturated rings. The minimum absolute atomic E-state index is 0.0587. The Kier molecular flexibility index (Phi) is 5.29. The smallest absolute Gasteiger partial charge is 0.274 e. The fourth-order valence-corrected chi connectivity index (χ4v) is 1.82. The van der Waals surface area contributed by atoms with Crippen LogP contribution in [0.3, 0.4) is 0 Å². The van der Waals surface area contributed by atoms with Crippen LogP contribution in [-0.2, 0) is 0 Å². The van der Waals surface area contributed by atoms with E-state index < -0.39 is 12.2 Å². The van der Waals surface area contributed by atoms with Crippen molar-refractivity contribution in [2.45, 2.75) is 39.2 Å². The highest BCUT2D eigenvalue weighted by Crippen LogP contribution is 2.31. The maximum Gasteiger partial charge on any atom is 0.274 e. The highest BCUT2D eigenvalue weighted by molar-refractivity contribution is 5.69. The normalized spacial score (nSPS) is 12.3. The van der Waals surface area contributed by atoms with Crippen LogP contribution in [0.1, 0.15) is 50.3 Å². The predicted molar refractivity (Wildman–Crippen MR) is 65.7 cm³/mol. The molecule has 0 aliphatic heterocycles. The lowest BCUT2D eigenvalue weighted by Gasteiger charge is -2.14. The maximum absolute atomic E-state index is 12.9. The highest BCUT2D eigenvalue weighted by Gasteiger charge is 2.15. The van der Waals surface area contributed by atoms with Crippen molar-refractivity contribution in [2.24, 2.45) is 0 Å². The van der Waals surface area contributed by atoms with Crippen LogP contribution in [0.2, 0.25) is 0 Å². The fraction of sp³-hybridized carbons (Fsp3) is 0.429. The van der Waals surface area contributed by atoms with Crippen molar-refractivity contribution >= 4 is 5.57 Å². The lowest BCUT2D eigenvalue weighted by Crippen LogP contribution is -1.98. The van der Waals surface area contributed by atoms with Gasteiger partial charge in [-0.25, -0.2) is 0 Å². The molecule has 3 heteroatoms. The Balaban J connectivity index is 3.15. The summed E-state index contributed by atoms with van der Waals surface area (Å²) in [5.41, 5.74) is 1.09. The quantitative estimate of drug-likeness (QED) is 0.801. The van der Waals surface area contributed by atoms with Crippen LogP contribution in [0.25, 0.3) is 5.57 Å². The molecule has 0 bridgehead atoms. The van der Waals surface area contributed by atoms with E-state index in [9.17, 15) is 13.9 Å². The number of unbranched alkanes of at least 4 members (excludes halogenated alkanes) is 1. The number of rotatable bonds is 5. The molecule has 94 valence electrons. The molecule has 0 saturated carbocycles. The van der Waals surface area contributed by atoms with Gasteiger partial charge in [0, 0.05) is 5.57 Å². The minimum atomic E-state index is -1.65. The van der Waals surface area contributed by atoms with Crippen molar-refractivity contribution in [3.63, 3.8) is 0 Å². The van der Waals surface area contributed by atoms with Crippen LogP contribution in [0.15, 0.2) is 30.3 Å². The van der Waals surface area contributed by atoms with Crippen LogP contribution in [0.4, 0.5) is 8.78 Å². The summed E-state index contributed by atoms with van der Waals surface area (Å²) in [6.45, 7) is 3.56. The average molecular weight is 240 g/mol. The van der Waals surface area contributed by atoms with Crippen LogP contribution < -0.4 is 0 Å². The minimum Gasteiger partial charge on any atom is -0.389 e. The first kappa shape index (κ1) is 13.8. The zero-order valence-electron chi connectivity index (χ0n) is 10.2. The van der Waals surface area contributed by atoms with Crippen molar-refractivity contribution in [1.82, 2.24) is 0 Å². The van der Waals surface area contributed by atoms with Crippen molar-refractivity contribution in [3.8, 4) is 0 Å². The van der Waals surface area contributed by atoms with Crippen molar-refractivity contribution in [2.75, 3.05) is 0 Å². The van der Waals surface area contributed by atoms with Gasteiger partial charge >= 0.3 is 0 Å². The third-order valence-electron chi connectivity index (χ3n) is 2.74. The monoisotopic (exact) mass is 240 g/mol. The number of halogens is 2. The number of hydrogen-bond donors (Lipinski definition) is 1. The zero-order chi connectivity index (χ0) is 12.8. The molecule has 1 unspecified atom stereocenters. The second kappa shape index (κ2) is 6.50. The Bertz CT molecular complexity index is 393. The van der Waals surface area contributed by atoms with Crippen LogP contribution in [0.5, 0.6) is 0 Å². The largest absolute Gasteiger partial charge is 0.389 e. The Morgan fingerprint density at radius 1 is 1.29 bits per heavy atom. The standard InChI is InChI=1S/C14H18F2O/c1-3-4-7-13(14(15)16)12-9-6-5-8-11(12)10(2)17/h5-6,8-10,17H,3-4,7H2,1-2H3. The van der Waals surface area contributed by atoms with Crippen LogP contribution in [-0.4, -0.2) is 5.11 Å². The van der Waals surface area contributed by atoms with E-state index in [1.165, 1.54) is 0 Å². The third kappa shape index (κ3) is 3.63. The molecule has 1 aromatic rings. The van der Waals surface area contributed by atoms with E-state index >= 15 is 0 Å². The molecule has 17 heavy (non-hydrogen) atoms. The fourth-order valence-electron chi connectivity index (χ4n) is 1.82. The van der Waals surface area contributed by atoms with Gasteiger partial charge in [0.2, 0.25) is 0 Å². The molecule has 0 radical (unpaired) electrons. The molecule has 1 nitrogen and oxygen atoms in total. The average Bonchev–Trinajstić information content (AvgIpc) is 2.29. The second-order valence-corrected chi connectivity index (χ2v) is 4.11. The summed E-state index contributed by atoms with van der Waals surface area (Å²) < 4.78 is 25.9. The number of aliphatic hydroxyl groups is 1. The predicted octanol–water partition coefficient (Wildman–Crippen LogP) is 4.54. The molecular formula is C14H18F2O. The molecule has 1 atom stereocenters. The van der Waals surface area contributed by atoms with Crippen molar-refractivity contribution < 1.29 is 13.9 Å². The molecule has 1 aromatic carbocycles. The number of allylic oxidation sites excluding steroid dienone is 1. The van der Waals surface area contributed by atoms with Gasteiger partial charge in [-0.05, 0) is 30.9 Å². The van der Waals surface area contributed by atoms with E-state index in [2.05, 4.69) is 0 Å². The van der Waals surface area contributed by atoms with E-state index in [-0.39, 0.29) is 5.57 Å². The summed E-state index contributed by atoms with van der Waals surface area (Å²) >= 11 is 0. The Hall–Kier alpha value is -1.22. The number of benzene rings is 1.